The van der Waals surface area contributed by atoms with Gasteiger partial charge in [0.05, 0.1) is 5.52 Å². The van der Waals surface area contributed by atoms with Crippen molar-refractivity contribution in [3.63, 3.8) is 0 Å². The Labute approximate surface area is 122 Å². The van der Waals surface area contributed by atoms with E-state index in [2.05, 4.69) is 31.0 Å². The van der Waals surface area contributed by atoms with Crippen molar-refractivity contribution in [1.29, 1.82) is 0 Å². The standard InChI is InChI=1S/C17H17NOS/c1-10-8-16(20-12(10)3)17(19)14-6-7-15-13(9-14)5-4-11(2)18-15/h4-9,17,19H,1-3H3. The average molecular weight is 283 g/mol. The van der Waals surface area contributed by atoms with Crippen molar-refractivity contribution in [2.24, 2.45) is 0 Å². The van der Waals surface area contributed by atoms with E-state index in [9.17, 15) is 5.11 Å². The largest absolute Gasteiger partial charge is 0.383 e. The maximum Gasteiger partial charge on any atom is 0.113 e. The summed E-state index contributed by atoms with van der Waals surface area (Å²) in [5, 5.41) is 11.6. The Morgan fingerprint density at radius 2 is 1.85 bits per heavy atom. The molecular weight excluding hydrogens is 266 g/mol. The zero-order chi connectivity index (χ0) is 14.3. The van der Waals surface area contributed by atoms with Crippen LogP contribution in [0.25, 0.3) is 10.9 Å². The summed E-state index contributed by atoms with van der Waals surface area (Å²) in [5.41, 5.74) is 4.14. The number of aryl methyl sites for hydroxylation is 3. The predicted molar refractivity (Wildman–Crippen MR) is 84.3 cm³/mol. The normalized spacial score (nSPS) is 12.8. The molecule has 1 atom stereocenters. The summed E-state index contributed by atoms with van der Waals surface area (Å²) in [6, 6.07) is 12.1. The fourth-order valence-electron chi connectivity index (χ4n) is 2.32. The van der Waals surface area contributed by atoms with Crippen LogP contribution in [0.3, 0.4) is 0 Å². The summed E-state index contributed by atoms with van der Waals surface area (Å²) in [5.74, 6) is 0. The fourth-order valence-corrected chi connectivity index (χ4v) is 3.37. The van der Waals surface area contributed by atoms with Crippen LogP contribution >= 0.6 is 11.3 Å². The van der Waals surface area contributed by atoms with E-state index in [1.807, 2.05) is 31.2 Å². The van der Waals surface area contributed by atoms with Gasteiger partial charge >= 0.3 is 0 Å². The SMILES string of the molecule is Cc1ccc2cc(C(O)c3cc(C)c(C)s3)ccc2n1. The highest BCUT2D eigenvalue weighted by atomic mass is 32.1. The number of hydrogen-bond acceptors (Lipinski definition) is 3. The molecule has 3 heteroatoms. The quantitative estimate of drug-likeness (QED) is 0.760. The minimum Gasteiger partial charge on any atom is -0.383 e. The lowest BCUT2D eigenvalue weighted by atomic mass is 10.0. The Morgan fingerprint density at radius 1 is 1.05 bits per heavy atom. The van der Waals surface area contributed by atoms with Crippen LogP contribution in [0, 0.1) is 20.8 Å². The Kier molecular flexibility index (Phi) is 3.32. The number of pyridine rings is 1. The number of benzene rings is 1. The Morgan fingerprint density at radius 3 is 2.55 bits per heavy atom. The molecule has 0 amide bonds. The van der Waals surface area contributed by atoms with Crippen LogP contribution in [0.2, 0.25) is 0 Å². The highest BCUT2D eigenvalue weighted by Crippen LogP contribution is 2.31. The third-order valence-corrected chi connectivity index (χ3v) is 4.83. The number of aliphatic hydroxyl groups is 1. The lowest BCUT2D eigenvalue weighted by Crippen LogP contribution is -1.97. The zero-order valence-electron chi connectivity index (χ0n) is 11.8. The van der Waals surface area contributed by atoms with Gasteiger partial charge in [0.2, 0.25) is 0 Å². The molecule has 102 valence electrons. The van der Waals surface area contributed by atoms with Crippen molar-refractivity contribution in [3.05, 3.63) is 63.0 Å². The Balaban J connectivity index is 2.03. The molecule has 3 rings (SSSR count). The average Bonchev–Trinajstić information content (AvgIpc) is 2.77. The number of aliphatic hydroxyl groups excluding tert-OH is 1. The second kappa shape index (κ2) is 5.00. The van der Waals surface area contributed by atoms with Crippen molar-refractivity contribution < 1.29 is 5.11 Å². The van der Waals surface area contributed by atoms with Gasteiger partial charge in [-0.25, -0.2) is 0 Å². The van der Waals surface area contributed by atoms with Crippen LogP contribution in [-0.2, 0) is 0 Å². The highest BCUT2D eigenvalue weighted by Gasteiger charge is 2.14. The molecule has 1 unspecified atom stereocenters. The monoisotopic (exact) mass is 283 g/mol. The molecule has 20 heavy (non-hydrogen) atoms. The van der Waals surface area contributed by atoms with Gasteiger partial charge in [0.15, 0.2) is 0 Å². The topological polar surface area (TPSA) is 33.1 Å². The summed E-state index contributed by atoms with van der Waals surface area (Å²) >= 11 is 1.66. The third kappa shape index (κ3) is 2.35. The number of aromatic nitrogens is 1. The molecule has 0 aliphatic carbocycles. The summed E-state index contributed by atoms with van der Waals surface area (Å²) in [4.78, 5) is 6.75. The zero-order valence-corrected chi connectivity index (χ0v) is 12.7. The molecule has 0 bridgehead atoms. The Hall–Kier alpha value is -1.71. The first kappa shape index (κ1) is 13.3. The minimum absolute atomic E-state index is 0.557. The lowest BCUT2D eigenvalue weighted by Gasteiger charge is -2.10. The van der Waals surface area contributed by atoms with E-state index in [1.165, 1.54) is 10.4 Å². The second-order valence-electron chi connectivity index (χ2n) is 5.20. The van der Waals surface area contributed by atoms with E-state index in [4.69, 9.17) is 0 Å². The van der Waals surface area contributed by atoms with Crippen molar-refractivity contribution in [1.82, 2.24) is 4.98 Å². The van der Waals surface area contributed by atoms with E-state index in [-0.39, 0.29) is 0 Å². The lowest BCUT2D eigenvalue weighted by molar-refractivity contribution is 0.224. The first-order valence-corrected chi connectivity index (χ1v) is 7.48. The molecule has 3 aromatic rings. The summed E-state index contributed by atoms with van der Waals surface area (Å²) in [6.07, 6.45) is -0.557. The maximum absolute atomic E-state index is 10.5. The second-order valence-corrected chi connectivity index (χ2v) is 6.48. The molecule has 1 aromatic carbocycles. The van der Waals surface area contributed by atoms with Gasteiger partial charge in [-0.2, -0.15) is 0 Å². The highest BCUT2D eigenvalue weighted by molar-refractivity contribution is 7.12. The molecule has 0 spiro atoms. The van der Waals surface area contributed by atoms with Crippen molar-refractivity contribution in [2.45, 2.75) is 26.9 Å². The number of thiophene rings is 1. The molecule has 0 aliphatic rings. The summed E-state index contributed by atoms with van der Waals surface area (Å²) < 4.78 is 0. The van der Waals surface area contributed by atoms with E-state index in [0.29, 0.717) is 0 Å². The molecular formula is C17H17NOS. The van der Waals surface area contributed by atoms with Crippen LogP contribution < -0.4 is 0 Å². The van der Waals surface area contributed by atoms with Crippen LogP contribution in [0.15, 0.2) is 36.4 Å². The van der Waals surface area contributed by atoms with Crippen molar-refractivity contribution in [3.8, 4) is 0 Å². The van der Waals surface area contributed by atoms with Crippen molar-refractivity contribution >= 4 is 22.2 Å². The summed E-state index contributed by atoms with van der Waals surface area (Å²) in [6.45, 7) is 6.15. The van der Waals surface area contributed by atoms with Gasteiger partial charge in [0, 0.05) is 20.8 Å². The van der Waals surface area contributed by atoms with Gasteiger partial charge in [0.1, 0.15) is 6.10 Å². The number of fused-ring (bicyclic) bond motifs is 1. The molecule has 1 N–H and O–H groups in total. The fraction of sp³-hybridized carbons (Fsp3) is 0.235. The maximum atomic E-state index is 10.5. The summed E-state index contributed by atoms with van der Waals surface area (Å²) in [7, 11) is 0. The minimum atomic E-state index is -0.557. The van der Waals surface area contributed by atoms with E-state index in [1.54, 1.807) is 11.3 Å². The number of rotatable bonds is 2. The predicted octanol–water partition coefficient (Wildman–Crippen LogP) is 4.30. The number of hydrogen-bond donors (Lipinski definition) is 1. The van der Waals surface area contributed by atoms with Gasteiger partial charge in [-0.05, 0) is 56.2 Å². The van der Waals surface area contributed by atoms with Gasteiger partial charge in [0.25, 0.3) is 0 Å². The first-order valence-electron chi connectivity index (χ1n) is 6.67. The molecule has 0 radical (unpaired) electrons. The number of nitrogens with zero attached hydrogens (tertiary/aromatic N) is 1. The molecule has 2 heterocycles. The van der Waals surface area contributed by atoms with Crippen molar-refractivity contribution in [2.75, 3.05) is 0 Å². The molecule has 0 fully saturated rings. The molecule has 2 aromatic heterocycles. The van der Waals surface area contributed by atoms with E-state index in [0.717, 1.165) is 27.0 Å². The van der Waals surface area contributed by atoms with Crippen LogP contribution in [0.5, 0.6) is 0 Å². The van der Waals surface area contributed by atoms with Crippen LogP contribution in [0.1, 0.15) is 32.7 Å². The van der Waals surface area contributed by atoms with Gasteiger partial charge in [-0.1, -0.05) is 12.1 Å². The Bertz CT molecular complexity index is 756. The third-order valence-electron chi connectivity index (χ3n) is 3.62. The smallest absolute Gasteiger partial charge is 0.113 e. The molecule has 0 saturated heterocycles. The van der Waals surface area contributed by atoms with Gasteiger partial charge in [-0.15, -0.1) is 11.3 Å². The first-order chi connectivity index (χ1) is 9.54. The van der Waals surface area contributed by atoms with E-state index < -0.39 is 6.10 Å². The molecule has 2 nitrogen and oxygen atoms in total. The molecule has 0 aliphatic heterocycles. The van der Waals surface area contributed by atoms with E-state index >= 15 is 0 Å². The van der Waals surface area contributed by atoms with Crippen LogP contribution in [-0.4, -0.2) is 10.1 Å². The molecule has 0 saturated carbocycles. The van der Waals surface area contributed by atoms with Gasteiger partial charge in [-0.3, -0.25) is 4.98 Å². The van der Waals surface area contributed by atoms with Crippen LogP contribution in [0.4, 0.5) is 0 Å². The van der Waals surface area contributed by atoms with Gasteiger partial charge < -0.3 is 5.11 Å².